The summed E-state index contributed by atoms with van der Waals surface area (Å²) < 4.78 is 12.0. The van der Waals surface area contributed by atoms with Gasteiger partial charge in [-0.1, -0.05) is 28.9 Å². The molecule has 1 aliphatic heterocycles. The average Bonchev–Trinajstić information content (AvgIpc) is 2.33. The first-order chi connectivity index (χ1) is 6.71. The van der Waals surface area contributed by atoms with E-state index in [2.05, 4.69) is 57.1 Å². The standard InChI is InChI=1S/C11H20BBrO2/c1-7-8(2)9(13)12-14-10(3,4)11(5,6)15-12/h7-9H,1H2,2-6H3. The van der Waals surface area contributed by atoms with E-state index < -0.39 is 0 Å². The van der Waals surface area contributed by atoms with Crippen molar-refractivity contribution in [3.05, 3.63) is 12.7 Å². The Kier molecular flexibility index (Phi) is 3.74. The van der Waals surface area contributed by atoms with E-state index in [4.69, 9.17) is 9.31 Å². The zero-order chi connectivity index (χ0) is 11.9. The Morgan fingerprint density at radius 1 is 1.20 bits per heavy atom. The second kappa shape index (κ2) is 4.23. The lowest BCUT2D eigenvalue weighted by Gasteiger charge is -2.32. The van der Waals surface area contributed by atoms with E-state index >= 15 is 0 Å². The molecule has 86 valence electrons. The van der Waals surface area contributed by atoms with E-state index in [0.29, 0.717) is 5.92 Å². The third-order valence-corrected chi connectivity index (χ3v) is 4.67. The zero-order valence-electron chi connectivity index (χ0n) is 10.2. The van der Waals surface area contributed by atoms with Crippen molar-refractivity contribution < 1.29 is 9.31 Å². The van der Waals surface area contributed by atoms with Crippen molar-refractivity contribution in [3.63, 3.8) is 0 Å². The molecule has 4 heteroatoms. The molecule has 2 atom stereocenters. The maximum atomic E-state index is 5.93. The predicted octanol–water partition coefficient (Wildman–Crippen LogP) is 3.20. The van der Waals surface area contributed by atoms with Crippen LogP contribution < -0.4 is 0 Å². The van der Waals surface area contributed by atoms with Gasteiger partial charge in [0.15, 0.2) is 0 Å². The Balaban J connectivity index is 2.74. The predicted molar refractivity (Wildman–Crippen MR) is 68.2 cm³/mol. The van der Waals surface area contributed by atoms with Gasteiger partial charge in [-0.05, 0) is 33.6 Å². The maximum absolute atomic E-state index is 5.93. The van der Waals surface area contributed by atoms with Gasteiger partial charge in [0, 0.05) is 0 Å². The van der Waals surface area contributed by atoms with Gasteiger partial charge in [-0.25, -0.2) is 0 Å². The lowest BCUT2D eigenvalue weighted by atomic mass is 9.78. The van der Waals surface area contributed by atoms with Crippen molar-refractivity contribution in [1.29, 1.82) is 0 Å². The van der Waals surface area contributed by atoms with Gasteiger partial charge in [0.25, 0.3) is 0 Å². The molecule has 1 aliphatic rings. The van der Waals surface area contributed by atoms with Crippen LogP contribution in [-0.2, 0) is 9.31 Å². The van der Waals surface area contributed by atoms with Crippen molar-refractivity contribution in [2.24, 2.45) is 5.92 Å². The zero-order valence-corrected chi connectivity index (χ0v) is 11.8. The van der Waals surface area contributed by atoms with E-state index in [9.17, 15) is 0 Å². The molecule has 0 aromatic heterocycles. The number of halogens is 1. The molecule has 0 aromatic rings. The van der Waals surface area contributed by atoms with Crippen molar-refractivity contribution in [1.82, 2.24) is 0 Å². The molecule has 0 aliphatic carbocycles. The molecule has 1 saturated heterocycles. The van der Waals surface area contributed by atoms with Crippen LogP contribution in [0.3, 0.4) is 0 Å². The molecule has 0 saturated carbocycles. The van der Waals surface area contributed by atoms with Crippen LogP contribution in [0.15, 0.2) is 12.7 Å². The lowest BCUT2D eigenvalue weighted by Crippen LogP contribution is -2.41. The highest BCUT2D eigenvalue weighted by Gasteiger charge is 2.53. The smallest absolute Gasteiger partial charge is 0.402 e. The van der Waals surface area contributed by atoms with E-state index in [1.807, 2.05) is 6.08 Å². The summed E-state index contributed by atoms with van der Waals surface area (Å²) >= 11 is 3.61. The fourth-order valence-electron chi connectivity index (χ4n) is 1.40. The van der Waals surface area contributed by atoms with Gasteiger partial charge in [0.05, 0.1) is 15.9 Å². The quantitative estimate of drug-likeness (QED) is 0.447. The van der Waals surface area contributed by atoms with Crippen molar-refractivity contribution in [2.45, 2.75) is 50.5 Å². The highest BCUT2D eigenvalue weighted by atomic mass is 79.9. The van der Waals surface area contributed by atoms with Gasteiger partial charge in [-0.15, -0.1) is 6.58 Å². The Bertz CT molecular complexity index is 237. The van der Waals surface area contributed by atoms with Gasteiger partial charge in [0.1, 0.15) is 0 Å². The number of hydrogen-bond donors (Lipinski definition) is 0. The van der Waals surface area contributed by atoms with Gasteiger partial charge in [-0.3, -0.25) is 0 Å². The normalized spacial score (nSPS) is 27.5. The fraction of sp³-hybridized carbons (Fsp3) is 0.818. The van der Waals surface area contributed by atoms with Crippen LogP contribution in [0.5, 0.6) is 0 Å². The number of hydrogen-bond acceptors (Lipinski definition) is 2. The van der Waals surface area contributed by atoms with Gasteiger partial charge in [-0.2, -0.15) is 0 Å². The Morgan fingerprint density at radius 3 is 1.93 bits per heavy atom. The Hall–Kier alpha value is 0.205. The molecule has 2 nitrogen and oxygen atoms in total. The van der Waals surface area contributed by atoms with Crippen LogP contribution in [-0.4, -0.2) is 23.0 Å². The van der Waals surface area contributed by atoms with Gasteiger partial charge in [0.2, 0.25) is 0 Å². The van der Waals surface area contributed by atoms with Crippen LogP contribution >= 0.6 is 15.9 Å². The maximum Gasteiger partial charge on any atom is 0.473 e. The minimum absolute atomic E-state index is 0.149. The number of alkyl halides is 1. The van der Waals surface area contributed by atoms with Crippen LogP contribution in [0.4, 0.5) is 0 Å². The summed E-state index contributed by atoms with van der Waals surface area (Å²) in [6.45, 7) is 14.1. The summed E-state index contributed by atoms with van der Waals surface area (Å²) in [5, 5.41) is 0. The molecule has 0 aromatic carbocycles. The topological polar surface area (TPSA) is 18.5 Å². The van der Waals surface area contributed by atoms with Crippen LogP contribution in [0.25, 0.3) is 0 Å². The summed E-state index contributed by atoms with van der Waals surface area (Å²) in [6, 6.07) is 0. The van der Waals surface area contributed by atoms with E-state index in [1.165, 1.54) is 0 Å². The molecular formula is C11H20BBrO2. The first-order valence-corrected chi connectivity index (χ1v) is 6.25. The minimum atomic E-state index is -0.259. The van der Waals surface area contributed by atoms with Crippen molar-refractivity contribution >= 4 is 23.0 Å². The lowest BCUT2D eigenvalue weighted by molar-refractivity contribution is 0.00578. The molecule has 1 rings (SSSR count). The third kappa shape index (κ3) is 2.48. The van der Waals surface area contributed by atoms with E-state index in [0.717, 1.165) is 0 Å². The van der Waals surface area contributed by atoms with Crippen LogP contribution in [0, 0.1) is 5.92 Å². The van der Waals surface area contributed by atoms with Crippen LogP contribution in [0.2, 0.25) is 0 Å². The van der Waals surface area contributed by atoms with Gasteiger partial charge < -0.3 is 9.31 Å². The molecule has 0 spiro atoms. The highest BCUT2D eigenvalue weighted by molar-refractivity contribution is 9.10. The molecule has 0 N–H and O–H groups in total. The Morgan fingerprint density at radius 2 is 1.60 bits per heavy atom. The largest absolute Gasteiger partial charge is 0.473 e. The second-order valence-electron chi connectivity index (χ2n) is 5.16. The summed E-state index contributed by atoms with van der Waals surface area (Å²) in [7, 11) is -0.206. The number of rotatable bonds is 3. The molecule has 1 fully saturated rings. The minimum Gasteiger partial charge on any atom is -0.402 e. The molecular weight excluding hydrogens is 255 g/mol. The summed E-state index contributed by atoms with van der Waals surface area (Å²) in [5.41, 5.74) is -0.519. The SMILES string of the molecule is C=CC(C)C(Br)B1OC(C)(C)C(C)(C)O1. The molecule has 0 radical (unpaired) electrons. The first kappa shape index (κ1) is 13.3. The number of allylic oxidation sites excluding steroid dienone is 1. The molecule has 15 heavy (non-hydrogen) atoms. The van der Waals surface area contributed by atoms with E-state index in [1.54, 1.807) is 0 Å². The molecule has 2 unspecified atom stereocenters. The van der Waals surface area contributed by atoms with Crippen molar-refractivity contribution in [3.8, 4) is 0 Å². The molecule has 1 heterocycles. The third-order valence-electron chi connectivity index (χ3n) is 3.41. The van der Waals surface area contributed by atoms with E-state index in [-0.39, 0.29) is 23.0 Å². The monoisotopic (exact) mass is 274 g/mol. The molecule has 0 bridgehead atoms. The second-order valence-corrected chi connectivity index (χ2v) is 6.22. The molecule has 0 amide bonds. The first-order valence-electron chi connectivity index (χ1n) is 5.33. The summed E-state index contributed by atoms with van der Waals surface area (Å²) in [6.07, 6.45) is 1.91. The van der Waals surface area contributed by atoms with Gasteiger partial charge >= 0.3 is 7.12 Å². The summed E-state index contributed by atoms with van der Waals surface area (Å²) in [4.78, 5) is 0. The Labute approximate surface area is 102 Å². The highest BCUT2D eigenvalue weighted by Crippen LogP contribution is 2.39. The van der Waals surface area contributed by atoms with Crippen molar-refractivity contribution in [2.75, 3.05) is 0 Å². The fourth-order valence-corrected chi connectivity index (χ4v) is 1.83. The summed E-state index contributed by atoms with van der Waals surface area (Å²) in [5.74, 6) is 0.319. The average molecular weight is 275 g/mol. The van der Waals surface area contributed by atoms with Crippen LogP contribution in [0.1, 0.15) is 34.6 Å².